The lowest BCUT2D eigenvalue weighted by molar-refractivity contribution is -0.136. The van der Waals surface area contributed by atoms with E-state index in [-0.39, 0.29) is 23.8 Å². The van der Waals surface area contributed by atoms with Gasteiger partial charge in [0.05, 0.1) is 6.10 Å². The molecule has 0 saturated carbocycles. The van der Waals surface area contributed by atoms with Crippen LogP contribution in [0.1, 0.15) is 20.3 Å². The van der Waals surface area contributed by atoms with Crippen molar-refractivity contribution in [3.05, 3.63) is 12.2 Å². The molecule has 6 nitrogen and oxygen atoms in total. The number of amides is 1. The van der Waals surface area contributed by atoms with Crippen LogP contribution in [0.4, 0.5) is 0 Å². The van der Waals surface area contributed by atoms with Gasteiger partial charge in [-0.15, -0.1) is 0 Å². The first-order valence-corrected chi connectivity index (χ1v) is 8.88. The zero-order valence-electron chi connectivity index (χ0n) is 12.8. The van der Waals surface area contributed by atoms with Gasteiger partial charge in [0.25, 0.3) is 0 Å². The number of fused-ring (bicyclic) bond motifs is 1. The molecule has 3 heterocycles. The fourth-order valence-electron chi connectivity index (χ4n) is 3.81. The lowest BCUT2D eigenvalue weighted by Crippen LogP contribution is -2.47. The summed E-state index contributed by atoms with van der Waals surface area (Å²) in [4.78, 5) is 14.2. The number of hydrogen-bond donors (Lipinski definition) is 0. The van der Waals surface area contributed by atoms with E-state index < -0.39 is 19.0 Å². The van der Waals surface area contributed by atoms with E-state index in [2.05, 4.69) is 0 Å². The highest BCUT2D eigenvalue weighted by molar-refractivity contribution is 7.54. The molecule has 1 spiro atoms. The van der Waals surface area contributed by atoms with E-state index in [1.807, 2.05) is 26.0 Å². The van der Waals surface area contributed by atoms with Gasteiger partial charge in [-0.05, 0) is 6.42 Å². The van der Waals surface area contributed by atoms with Crippen LogP contribution in [0, 0.1) is 11.8 Å². The summed E-state index contributed by atoms with van der Waals surface area (Å²) < 4.78 is 29.6. The van der Waals surface area contributed by atoms with Crippen LogP contribution in [-0.4, -0.2) is 49.1 Å². The van der Waals surface area contributed by atoms with Gasteiger partial charge >= 0.3 is 7.60 Å². The van der Waals surface area contributed by atoms with Gasteiger partial charge in [-0.3, -0.25) is 9.36 Å². The van der Waals surface area contributed by atoms with Crippen LogP contribution in [0.3, 0.4) is 0 Å². The zero-order chi connectivity index (χ0) is 15.4. The Kier molecular flexibility index (Phi) is 3.56. The lowest BCUT2D eigenvalue weighted by atomic mass is 9.86. The molecule has 2 saturated heterocycles. The molecule has 2 bridgehead atoms. The summed E-state index contributed by atoms with van der Waals surface area (Å²) in [5.41, 5.74) is -0.725. The quantitative estimate of drug-likeness (QED) is 0.586. The molecule has 1 unspecified atom stereocenters. The number of hydrogen-bond acceptors (Lipinski definition) is 5. The van der Waals surface area contributed by atoms with Crippen LogP contribution in [0.25, 0.3) is 0 Å². The van der Waals surface area contributed by atoms with Crippen molar-refractivity contribution in [2.75, 3.05) is 20.8 Å². The first kappa shape index (κ1) is 15.2. The first-order valence-electron chi connectivity index (χ1n) is 7.27. The maximum atomic E-state index is 13.1. The molecular weight excluding hydrogens is 293 g/mol. The topological polar surface area (TPSA) is 65.1 Å². The predicted octanol–water partition coefficient (Wildman–Crippen LogP) is 2.01. The molecular formula is C14H22NO5P. The van der Waals surface area contributed by atoms with Crippen molar-refractivity contribution in [2.45, 2.75) is 37.8 Å². The SMILES string of the molecule is COP(=O)(OC)[C@H]1N(C(=O)C(C)C)CC2C[C@H]3C=C[C@]21O3. The molecule has 2 fully saturated rings. The second-order valence-corrected chi connectivity index (χ2v) is 8.52. The molecule has 118 valence electrons. The Bertz CT molecular complexity index is 525. The molecule has 0 radical (unpaired) electrons. The number of carbonyl (C=O) groups is 1. The Morgan fingerprint density at radius 3 is 2.62 bits per heavy atom. The van der Waals surface area contributed by atoms with E-state index in [9.17, 15) is 9.36 Å². The van der Waals surface area contributed by atoms with E-state index in [0.29, 0.717) is 6.54 Å². The molecule has 0 aromatic rings. The van der Waals surface area contributed by atoms with Crippen LogP contribution in [0.2, 0.25) is 0 Å². The summed E-state index contributed by atoms with van der Waals surface area (Å²) in [5, 5.41) is 0. The van der Waals surface area contributed by atoms with E-state index >= 15 is 0 Å². The average molecular weight is 315 g/mol. The van der Waals surface area contributed by atoms with Gasteiger partial charge in [-0.25, -0.2) is 0 Å². The highest BCUT2D eigenvalue weighted by Crippen LogP contribution is 2.65. The van der Waals surface area contributed by atoms with E-state index in [0.717, 1.165) is 6.42 Å². The Morgan fingerprint density at radius 1 is 1.43 bits per heavy atom. The third kappa shape index (κ3) is 1.96. The van der Waals surface area contributed by atoms with Crippen molar-refractivity contribution < 1.29 is 23.1 Å². The Labute approximate surface area is 125 Å². The molecule has 0 aromatic carbocycles. The monoisotopic (exact) mass is 315 g/mol. The molecule has 0 N–H and O–H groups in total. The van der Waals surface area contributed by atoms with Crippen LogP contribution < -0.4 is 0 Å². The van der Waals surface area contributed by atoms with Gasteiger partial charge in [-0.2, -0.15) is 0 Å². The van der Waals surface area contributed by atoms with Crippen molar-refractivity contribution in [3.63, 3.8) is 0 Å². The molecule has 3 rings (SSSR count). The van der Waals surface area contributed by atoms with E-state index in [1.54, 1.807) is 4.90 Å². The summed E-state index contributed by atoms with van der Waals surface area (Å²) in [6.07, 6.45) is 4.84. The number of nitrogens with zero attached hydrogens (tertiary/aromatic N) is 1. The minimum Gasteiger partial charge on any atom is -0.360 e. The highest BCUT2D eigenvalue weighted by Gasteiger charge is 2.68. The highest BCUT2D eigenvalue weighted by atomic mass is 31.2. The molecule has 3 aliphatic heterocycles. The van der Waals surface area contributed by atoms with Gasteiger partial charge in [-0.1, -0.05) is 26.0 Å². The fraction of sp³-hybridized carbons (Fsp3) is 0.786. The van der Waals surface area contributed by atoms with Gasteiger partial charge < -0.3 is 18.7 Å². The number of ether oxygens (including phenoxy) is 1. The first-order chi connectivity index (χ1) is 9.88. The van der Waals surface area contributed by atoms with Crippen LogP contribution >= 0.6 is 7.60 Å². The minimum atomic E-state index is -3.47. The maximum absolute atomic E-state index is 13.1. The number of likely N-dealkylation sites (tertiary alicyclic amines) is 1. The predicted molar refractivity (Wildman–Crippen MR) is 76.8 cm³/mol. The van der Waals surface area contributed by atoms with E-state index in [4.69, 9.17) is 13.8 Å². The van der Waals surface area contributed by atoms with Crippen LogP contribution in [0.5, 0.6) is 0 Å². The number of carbonyl (C=O) groups excluding carboxylic acids is 1. The molecule has 1 amide bonds. The molecule has 7 heteroatoms. The smallest absolute Gasteiger partial charge is 0.355 e. The third-order valence-electron chi connectivity index (χ3n) is 4.78. The van der Waals surface area contributed by atoms with Crippen molar-refractivity contribution >= 4 is 13.5 Å². The molecule has 4 atom stereocenters. The van der Waals surface area contributed by atoms with Gasteiger partial charge in [0, 0.05) is 32.6 Å². The molecule has 3 aliphatic rings. The Balaban J connectivity index is 2.06. The summed E-state index contributed by atoms with van der Waals surface area (Å²) in [6.45, 7) is 4.22. The standard InChI is InChI=1S/C14H22NO5P/c1-9(2)12(16)15-8-10-7-11-5-6-14(10,20-11)13(15)21(17,18-3)19-4/h5-6,9-11,13H,7-8H2,1-4H3/t10?,11-,13-,14+/m1/s1. The zero-order valence-corrected chi connectivity index (χ0v) is 13.7. The van der Waals surface area contributed by atoms with Crippen molar-refractivity contribution in [3.8, 4) is 0 Å². The average Bonchev–Trinajstić information content (AvgIpc) is 3.11. The van der Waals surface area contributed by atoms with Gasteiger partial charge in [0.2, 0.25) is 5.91 Å². The largest absolute Gasteiger partial charge is 0.360 e. The molecule has 21 heavy (non-hydrogen) atoms. The summed E-state index contributed by atoms with van der Waals surface area (Å²) >= 11 is 0. The minimum absolute atomic E-state index is 0.0430. The molecule has 0 aliphatic carbocycles. The van der Waals surface area contributed by atoms with Crippen LogP contribution in [-0.2, 0) is 23.1 Å². The fourth-order valence-corrected chi connectivity index (χ4v) is 5.76. The number of rotatable bonds is 4. The van der Waals surface area contributed by atoms with Crippen molar-refractivity contribution in [2.24, 2.45) is 11.8 Å². The lowest BCUT2D eigenvalue weighted by Gasteiger charge is -2.37. The Morgan fingerprint density at radius 2 is 2.10 bits per heavy atom. The summed E-state index contributed by atoms with van der Waals surface area (Å²) in [5.74, 6) is -0.771. The third-order valence-corrected chi connectivity index (χ3v) is 7.08. The summed E-state index contributed by atoms with van der Waals surface area (Å²) in [7, 11) is -0.758. The van der Waals surface area contributed by atoms with Crippen LogP contribution in [0.15, 0.2) is 12.2 Å². The van der Waals surface area contributed by atoms with Gasteiger partial charge in [0.15, 0.2) is 5.78 Å². The van der Waals surface area contributed by atoms with Gasteiger partial charge in [0.1, 0.15) is 5.60 Å². The molecule has 0 aromatic heterocycles. The van der Waals surface area contributed by atoms with Crippen molar-refractivity contribution in [1.82, 2.24) is 4.90 Å². The van der Waals surface area contributed by atoms with Crippen molar-refractivity contribution in [1.29, 1.82) is 0 Å². The second kappa shape index (κ2) is 4.92. The second-order valence-electron chi connectivity index (χ2n) is 6.23. The Hall–Kier alpha value is -0.680. The van der Waals surface area contributed by atoms with E-state index in [1.165, 1.54) is 14.2 Å². The summed E-state index contributed by atoms with van der Waals surface area (Å²) in [6, 6.07) is 0. The normalized spacial score (nSPS) is 37.6. The maximum Gasteiger partial charge on any atom is 0.355 e.